The standard InChI is InChI=1S/C17H16BrClN4OS.C14H13BrClN3OS.C12H8BrClN4S.C11H6BrCl2NOS.C11H8BrClN2OS.C5H13NO2.C5H4N.3CH3.H4N2.Sn/c18-17-21-13(9-11-4-6-12(19)7-5-11)15(25-17)16-20-10-23(22-16)14-3-1-2-8-24-14;1-19(2)8-17-13(20)12-11(18-14(15)21-12)7-9-3-5-10(16)6-4-9;13-12-17-9(5-7-1-3-8(14)4-2-7)10(19-12)11-15-6-16-18-11;2*12-11-15-8(9(17-11)10(14)16)5-6-1-3-7(13)4-2-6;1-6(2)5(7-3)8-4;1-2-4-6-5-3-1;;;;1-2;/h4-7,10,14H,1-3,8-9H2;3-6,8H,7H2,1-2H3;1-4,6H,5H2,(H,15,16,18);1-4H,5H2;1-4H,5H2,(H2,14,16);5H,1-4H3;2-5H;3*1H3;1-2H2;/p+1. The Hall–Kier alpha value is -5.34. The van der Waals surface area contributed by atoms with Crippen molar-refractivity contribution in [2.45, 2.75) is 78.8 Å². The van der Waals surface area contributed by atoms with E-state index in [2.05, 4.69) is 178 Å². The summed E-state index contributed by atoms with van der Waals surface area (Å²) in [6, 6.07) is 42.2. The first kappa shape index (κ1) is 101. The Labute approximate surface area is 786 Å². The van der Waals surface area contributed by atoms with Crippen LogP contribution in [-0.4, -0.2) is 162 Å². The fourth-order valence-corrected chi connectivity index (χ4v) is 21.6. The molecule has 630 valence electrons. The monoisotopic (exact) mass is 2250 g/mol. The average Bonchev–Trinajstić information content (AvgIpc) is 1.67. The Bertz CT molecular complexity index is 5200. The van der Waals surface area contributed by atoms with Crippen molar-refractivity contribution >= 4 is 251 Å². The molecule has 1 unspecified atom stereocenters. The molecule has 24 nitrogen and oxygen atoms in total. The Morgan fingerprint density at radius 2 is 0.941 bits per heavy atom. The number of benzene rings is 5. The number of H-pyrrole nitrogens is 2. The molecule has 9 heterocycles. The SMILES string of the molecule is CN(C)C=NC(=O)c1sc(Br)nc1Cc1ccc(Cl)cc1.COC(OC)N(C)C.Clc1ccc(Cc2nc(Br)sc2-c2nc[n+](C3CCCCO3)[nH]2)cc1.Clc1ccc(Cc2nc(Br)sc2-c2ncn[nH]2)cc1.NC(=O)c1sc(Br)nc1Cc1ccc(Cl)cc1.NN.O=C(Cl)c1sc(Br)nc1Cc1ccc(Cl)cc1.[CH3][Sn]([CH3])([CH3])[c]1ccncc1. The summed E-state index contributed by atoms with van der Waals surface area (Å²) in [5.74, 6) is 8.83. The van der Waals surface area contributed by atoms with Crippen LogP contribution >= 0.6 is 206 Å². The minimum atomic E-state index is -1.75. The van der Waals surface area contributed by atoms with Gasteiger partial charge < -0.3 is 24.8 Å². The number of hydrogen-bond acceptors (Lipinski definition) is 23. The van der Waals surface area contributed by atoms with Crippen LogP contribution in [0.3, 0.4) is 0 Å². The fourth-order valence-electron chi connectivity index (χ4n) is 10.5. The number of methoxy groups -OCH3 is 2. The Morgan fingerprint density at radius 1 is 0.563 bits per heavy atom. The summed E-state index contributed by atoms with van der Waals surface area (Å²) >= 11 is 56.8. The molecule has 1 aliphatic heterocycles. The second-order valence-corrected chi connectivity index (χ2v) is 54.8. The summed E-state index contributed by atoms with van der Waals surface area (Å²) in [6.45, 7) is 0.805. The topological polar surface area (TPSA) is 327 Å². The number of ether oxygens (including phenoxy) is 3. The molecule has 2 amide bonds. The van der Waals surface area contributed by atoms with Gasteiger partial charge in [-0.15, -0.1) is 61.4 Å². The molecule has 1 aliphatic rings. The van der Waals surface area contributed by atoms with E-state index in [0.717, 1.165) is 111 Å². The van der Waals surface area contributed by atoms with E-state index in [-0.39, 0.29) is 18.5 Å². The number of rotatable bonds is 21. The van der Waals surface area contributed by atoms with Gasteiger partial charge in [0.1, 0.15) is 25.8 Å². The molecular weight excluding hydrogens is 2180 g/mol. The summed E-state index contributed by atoms with van der Waals surface area (Å²) in [6.07, 6.45) is 14.9. The molecule has 8 aromatic heterocycles. The molecule has 119 heavy (non-hydrogen) atoms. The molecule has 0 spiro atoms. The Kier molecular flexibility index (Phi) is 43.9. The summed E-state index contributed by atoms with van der Waals surface area (Å²) < 4.78 is 22.7. The molecule has 14 rings (SSSR count). The summed E-state index contributed by atoms with van der Waals surface area (Å²) in [5, 5.41) is 13.2. The van der Waals surface area contributed by atoms with Crippen LogP contribution in [0.4, 0.5) is 0 Å². The molecule has 1 saturated heterocycles. The van der Waals surface area contributed by atoms with Gasteiger partial charge in [-0.25, -0.2) is 29.9 Å². The number of hydrogen-bond donors (Lipinski definition) is 5. The number of aromatic nitrogens is 12. The molecule has 0 bridgehead atoms. The van der Waals surface area contributed by atoms with Gasteiger partial charge in [-0.1, -0.05) is 119 Å². The van der Waals surface area contributed by atoms with Gasteiger partial charge in [0.25, 0.3) is 22.9 Å². The van der Waals surface area contributed by atoms with Gasteiger partial charge in [0.15, 0.2) is 25.4 Å². The molecule has 5 aromatic carbocycles. The van der Waals surface area contributed by atoms with Gasteiger partial charge in [-0.2, -0.15) is 15.2 Å². The molecule has 13 aromatic rings. The van der Waals surface area contributed by atoms with E-state index >= 15 is 0 Å². The quantitative estimate of drug-likeness (QED) is 0.00652. The van der Waals surface area contributed by atoms with Crippen LogP contribution in [0.5, 0.6) is 0 Å². The fraction of sp³-hybridized carbons (Fsp3) is 0.256. The number of amides is 2. The van der Waals surface area contributed by atoms with E-state index in [1.54, 1.807) is 57.5 Å². The number of nitrogens with zero attached hydrogens (tertiary/aromatic N) is 13. The first-order chi connectivity index (χ1) is 56.8. The van der Waals surface area contributed by atoms with E-state index in [9.17, 15) is 14.4 Å². The van der Waals surface area contributed by atoms with Crippen LogP contribution in [0.2, 0.25) is 39.9 Å². The average molecular weight is 2260 g/mol. The van der Waals surface area contributed by atoms with E-state index in [1.807, 2.05) is 166 Å². The van der Waals surface area contributed by atoms with Gasteiger partial charge in [-0.3, -0.25) is 36.1 Å². The van der Waals surface area contributed by atoms with Crippen molar-refractivity contribution < 1.29 is 33.3 Å². The van der Waals surface area contributed by atoms with E-state index in [0.29, 0.717) is 72.1 Å². The van der Waals surface area contributed by atoms with Crippen molar-refractivity contribution in [3.8, 4) is 21.4 Å². The van der Waals surface area contributed by atoms with E-state index < -0.39 is 29.5 Å². The first-order valence-corrected chi connectivity index (χ1v) is 55.7. The Morgan fingerprint density at radius 3 is 1.29 bits per heavy atom. The molecule has 0 aliphatic carbocycles. The number of carbonyl (C=O) groups excluding carboxylic acids is 3. The molecular formula is C78H82Br5Cl6N18O6S5Sn+. The zero-order valence-corrected chi connectivity index (χ0v) is 84.7. The Balaban J connectivity index is 0.000000195. The number of nitrogens with one attached hydrogen (secondary N) is 2. The van der Waals surface area contributed by atoms with Crippen molar-refractivity contribution in [1.82, 2.24) is 65.0 Å². The van der Waals surface area contributed by atoms with Crippen LogP contribution in [0.25, 0.3) is 21.4 Å². The van der Waals surface area contributed by atoms with Crippen molar-refractivity contribution in [3.05, 3.63) is 274 Å². The molecule has 1 atom stereocenters. The molecule has 0 saturated carbocycles. The van der Waals surface area contributed by atoms with Gasteiger partial charge in [0, 0.05) is 92.0 Å². The third-order valence-corrected chi connectivity index (χ3v) is 31.2. The van der Waals surface area contributed by atoms with Gasteiger partial charge in [0.05, 0.1) is 46.3 Å². The van der Waals surface area contributed by atoms with Crippen molar-refractivity contribution in [2.75, 3.05) is 49.0 Å². The number of aliphatic imine (C=N–C) groups is 1. The zero-order chi connectivity index (χ0) is 86.9. The number of thiazole rings is 5. The van der Waals surface area contributed by atoms with Crippen LogP contribution < -0.4 is 25.7 Å². The second-order valence-electron chi connectivity index (χ2n) is 26.4. The van der Waals surface area contributed by atoms with E-state index in [1.165, 1.54) is 58.7 Å². The molecule has 8 N–H and O–H groups in total. The maximum atomic E-state index is 12.1. The summed E-state index contributed by atoms with van der Waals surface area (Å²) in [7, 11) is 10.6. The number of halogens is 11. The number of carbonyl (C=O) groups is 3. The van der Waals surface area contributed by atoms with Crippen molar-refractivity contribution in [1.29, 1.82) is 0 Å². The first-order valence-electron chi connectivity index (χ1n) is 35.4. The predicted octanol–water partition coefficient (Wildman–Crippen LogP) is 20.7. The van der Waals surface area contributed by atoms with Crippen LogP contribution in [0.15, 0.2) is 183 Å². The normalized spacial score (nSPS) is 12.2. The number of aromatic amines is 2. The maximum absolute atomic E-state index is 12.1. The van der Waals surface area contributed by atoms with Gasteiger partial charge in [-0.05, 0) is 212 Å². The number of nitrogens with two attached hydrogens (primary N) is 3. The minimum absolute atomic E-state index is 0.0473. The number of primary amides is 1. The molecule has 41 heteroatoms. The molecule has 1 fully saturated rings. The predicted molar refractivity (Wildman–Crippen MR) is 505 cm³/mol. The third-order valence-electron chi connectivity index (χ3n) is 16.0. The number of hydrazine groups is 1. The third kappa shape index (κ3) is 34.6. The van der Waals surface area contributed by atoms with Crippen molar-refractivity contribution in [2.24, 2.45) is 22.4 Å². The van der Waals surface area contributed by atoms with E-state index in [4.69, 9.17) is 89.5 Å². The second kappa shape index (κ2) is 51.8. The van der Waals surface area contributed by atoms with Gasteiger partial charge in [0.2, 0.25) is 12.6 Å². The van der Waals surface area contributed by atoms with Crippen LogP contribution in [-0.2, 0) is 46.3 Å². The van der Waals surface area contributed by atoms with Crippen LogP contribution in [0, 0.1) is 0 Å². The number of pyridine rings is 1. The zero-order valence-electron chi connectivity index (χ0n) is 65.3. The van der Waals surface area contributed by atoms with Crippen molar-refractivity contribution in [3.63, 3.8) is 0 Å². The summed E-state index contributed by atoms with van der Waals surface area (Å²) in [4.78, 5) is 87.5. The van der Waals surface area contributed by atoms with Crippen LogP contribution in [0.1, 0.15) is 111 Å². The summed E-state index contributed by atoms with van der Waals surface area (Å²) in [5.41, 5.74) is 14.8. The van der Waals surface area contributed by atoms with Gasteiger partial charge >= 0.3 is 72.6 Å². The molecule has 0 radical (unpaired) electrons.